The van der Waals surface area contributed by atoms with Crippen molar-refractivity contribution in [1.29, 1.82) is 0 Å². The van der Waals surface area contributed by atoms with E-state index < -0.39 is 59.3 Å². The highest BCUT2D eigenvalue weighted by atomic mass is 16.5. The van der Waals surface area contributed by atoms with Crippen molar-refractivity contribution in [3.63, 3.8) is 0 Å². The number of amides is 10. The van der Waals surface area contributed by atoms with Crippen LogP contribution in [0.5, 0.6) is 0 Å². The maximum absolute atomic E-state index is 13.1. The van der Waals surface area contributed by atoms with Crippen molar-refractivity contribution in [3.05, 3.63) is 0 Å². The van der Waals surface area contributed by atoms with E-state index in [2.05, 4.69) is 21.3 Å². The van der Waals surface area contributed by atoms with Gasteiger partial charge in [-0.1, -0.05) is 0 Å². The number of ether oxygens (including phenoxy) is 1. The lowest BCUT2D eigenvalue weighted by molar-refractivity contribution is -0.167. The van der Waals surface area contributed by atoms with Crippen LogP contribution in [0.4, 0.5) is 9.59 Å². The van der Waals surface area contributed by atoms with Gasteiger partial charge in [0.05, 0.1) is 6.54 Å². The van der Waals surface area contributed by atoms with Crippen LogP contribution in [-0.2, 0) is 33.5 Å². The van der Waals surface area contributed by atoms with Crippen LogP contribution in [0.2, 0.25) is 0 Å². The summed E-state index contributed by atoms with van der Waals surface area (Å²) < 4.78 is 5.15. The lowest BCUT2D eigenvalue weighted by atomic mass is 10.0. The van der Waals surface area contributed by atoms with Gasteiger partial charge in [-0.3, -0.25) is 38.6 Å². The fourth-order valence-corrected chi connectivity index (χ4v) is 4.36. The van der Waals surface area contributed by atoms with Crippen molar-refractivity contribution in [1.82, 2.24) is 40.9 Å². The Hall–Kier alpha value is -4.28. The Bertz CT molecular complexity index is 1090. The third-order valence-electron chi connectivity index (χ3n) is 6.97. The van der Waals surface area contributed by atoms with Crippen LogP contribution in [0.1, 0.15) is 26.7 Å². The molecule has 0 spiro atoms. The Morgan fingerprint density at radius 2 is 1.43 bits per heavy atom. The van der Waals surface area contributed by atoms with E-state index in [0.717, 1.165) is 4.90 Å². The van der Waals surface area contributed by atoms with Crippen LogP contribution < -0.4 is 21.3 Å². The SMILES string of the molecule is CCN1CCN(C(=O)NCCCC(NC(=O)N2CCN(CC)C(=O)C2=O)C(=O)NC2(OC)CNC2=O)C(=O)C1=O. The van der Waals surface area contributed by atoms with Crippen molar-refractivity contribution in [2.75, 3.05) is 59.5 Å². The molecule has 0 aromatic rings. The van der Waals surface area contributed by atoms with Gasteiger partial charge in [0.2, 0.25) is 11.6 Å². The van der Waals surface area contributed by atoms with Crippen molar-refractivity contribution >= 4 is 47.5 Å². The lowest BCUT2D eigenvalue weighted by Gasteiger charge is -2.40. The summed E-state index contributed by atoms with van der Waals surface area (Å²) in [5.41, 5.74) is -1.62. The maximum Gasteiger partial charge on any atom is 0.325 e. The molecular formula is C23H34N8O9. The molecule has 0 bridgehead atoms. The Morgan fingerprint density at radius 1 is 0.875 bits per heavy atom. The third-order valence-corrected chi connectivity index (χ3v) is 6.97. The summed E-state index contributed by atoms with van der Waals surface area (Å²) >= 11 is 0. The highest BCUT2D eigenvalue weighted by Gasteiger charge is 2.49. The average molecular weight is 567 g/mol. The number of carbonyl (C=O) groups is 8. The zero-order valence-corrected chi connectivity index (χ0v) is 22.6. The number of hydrogen-bond acceptors (Lipinski definition) is 9. The van der Waals surface area contributed by atoms with Crippen molar-refractivity contribution in [2.45, 2.75) is 38.5 Å². The van der Waals surface area contributed by atoms with Gasteiger partial charge in [0.15, 0.2) is 0 Å². The largest absolute Gasteiger partial charge is 0.349 e. The summed E-state index contributed by atoms with van der Waals surface area (Å²) in [4.78, 5) is 103. The van der Waals surface area contributed by atoms with E-state index in [4.69, 9.17) is 4.74 Å². The van der Waals surface area contributed by atoms with Gasteiger partial charge in [-0.2, -0.15) is 0 Å². The number of likely N-dealkylation sites (N-methyl/N-ethyl adjacent to an activating group) is 2. The standard InChI is InChI=1S/C23H34N8O9/c1-4-28-9-11-30(18(35)16(28)33)21(38)24-8-6-7-14(15(32)27-23(40-3)13-25-20(23)37)26-22(39)31-12-10-29(5-2)17(34)19(31)36/h14H,4-13H2,1-3H3,(H,24,38)(H,25,37)(H,26,39)(H,27,32). The molecule has 3 rings (SSSR count). The minimum Gasteiger partial charge on any atom is -0.349 e. The molecule has 220 valence electrons. The summed E-state index contributed by atoms with van der Waals surface area (Å²) in [5, 5.41) is 9.83. The molecule has 0 aromatic heterocycles. The highest BCUT2D eigenvalue weighted by molar-refractivity contribution is 6.38. The summed E-state index contributed by atoms with van der Waals surface area (Å²) in [6.45, 7) is 4.33. The molecule has 3 aliphatic rings. The summed E-state index contributed by atoms with van der Waals surface area (Å²) in [6.07, 6.45) is 0.0522. The van der Waals surface area contributed by atoms with E-state index in [0.29, 0.717) is 18.0 Å². The van der Waals surface area contributed by atoms with E-state index in [1.807, 2.05) is 0 Å². The van der Waals surface area contributed by atoms with Gasteiger partial charge < -0.3 is 35.8 Å². The van der Waals surface area contributed by atoms with Gasteiger partial charge in [-0.05, 0) is 26.7 Å². The molecule has 17 heteroatoms. The zero-order chi connectivity index (χ0) is 29.6. The third kappa shape index (κ3) is 6.13. The second-order valence-electron chi connectivity index (χ2n) is 9.26. The smallest absolute Gasteiger partial charge is 0.325 e. The van der Waals surface area contributed by atoms with Gasteiger partial charge in [-0.15, -0.1) is 0 Å². The summed E-state index contributed by atoms with van der Waals surface area (Å²) in [7, 11) is 1.23. The summed E-state index contributed by atoms with van der Waals surface area (Å²) in [5.74, 6) is -4.97. The van der Waals surface area contributed by atoms with Crippen LogP contribution in [0.3, 0.4) is 0 Å². The van der Waals surface area contributed by atoms with Crippen LogP contribution in [0.25, 0.3) is 0 Å². The minimum absolute atomic E-state index is 0.00515. The number of nitrogens with one attached hydrogen (secondary N) is 4. The number of β-lactam (4-membered cyclic amide) rings is 1. The molecule has 0 radical (unpaired) electrons. The molecule has 10 amide bonds. The number of nitrogens with zero attached hydrogens (tertiary/aromatic N) is 4. The Balaban J connectivity index is 1.61. The zero-order valence-electron chi connectivity index (χ0n) is 22.6. The molecule has 17 nitrogen and oxygen atoms in total. The quantitative estimate of drug-likeness (QED) is 0.0895. The first-order valence-electron chi connectivity index (χ1n) is 12.9. The van der Waals surface area contributed by atoms with E-state index in [1.54, 1.807) is 13.8 Å². The Morgan fingerprint density at radius 3 is 1.88 bits per heavy atom. The highest BCUT2D eigenvalue weighted by Crippen LogP contribution is 2.15. The summed E-state index contributed by atoms with van der Waals surface area (Å²) in [6, 6.07) is -3.03. The molecule has 0 saturated carbocycles. The van der Waals surface area contributed by atoms with Gasteiger partial charge in [0.1, 0.15) is 6.04 Å². The van der Waals surface area contributed by atoms with Crippen molar-refractivity contribution in [3.8, 4) is 0 Å². The predicted molar refractivity (Wildman–Crippen MR) is 134 cm³/mol. The molecule has 3 fully saturated rings. The molecule has 0 aliphatic carbocycles. The lowest BCUT2D eigenvalue weighted by Crippen LogP contribution is -2.75. The number of piperazine rings is 2. The molecule has 3 saturated heterocycles. The average Bonchev–Trinajstić information content (AvgIpc) is 2.94. The fourth-order valence-electron chi connectivity index (χ4n) is 4.36. The Kier molecular flexibility index (Phi) is 9.62. The van der Waals surface area contributed by atoms with E-state index >= 15 is 0 Å². The van der Waals surface area contributed by atoms with Gasteiger partial charge >= 0.3 is 35.7 Å². The maximum atomic E-state index is 13.1. The number of urea groups is 2. The second-order valence-corrected chi connectivity index (χ2v) is 9.26. The molecule has 40 heavy (non-hydrogen) atoms. The van der Waals surface area contributed by atoms with Crippen LogP contribution >= 0.6 is 0 Å². The molecule has 4 N–H and O–H groups in total. The van der Waals surface area contributed by atoms with E-state index in [9.17, 15) is 38.4 Å². The topological polar surface area (TPSA) is 207 Å². The first-order chi connectivity index (χ1) is 19.0. The Labute approximate surface area is 229 Å². The first-order valence-corrected chi connectivity index (χ1v) is 12.9. The first kappa shape index (κ1) is 30.3. The van der Waals surface area contributed by atoms with Gasteiger partial charge in [-0.25, -0.2) is 9.59 Å². The van der Waals surface area contributed by atoms with Crippen molar-refractivity contribution in [2.24, 2.45) is 0 Å². The number of imide groups is 2. The molecule has 2 unspecified atom stereocenters. The predicted octanol–water partition coefficient (Wildman–Crippen LogP) is -3.48. The van der Waals surface area contributed by atoms with Crippen molar-refractivity contribution < 1.29 is 43.1 Å². The van der Waals surface area contributed by atoms with Crippen LogP contribution in [0.15, 0.2) is 0 Å². The number of carbonyl (C=O) groups excluding carboxylic acids is 8. The van der Waals surface area contributed by atoms with Gasteiger partial charge in [0, 0.05) is 52.9 Å². The number of hydrogen-bond donors (Lipinski definition) is 4. The molecule has 3 aliphatic heterocycles. The van der Waals surface area contributed by atoms with Crippen LogP contribution in [0, 0.1) is 0 Å². The number of rotatable bonds is 10. The normalized spacial score (nSPS) is 22.0. The molecule has 0 aromatic carbocycles. The second kappa shape index (κ2) is 12.7. The minimum atomic E-state index is -1.62. The monoisotopic (exact) mass is 566 g/mol. The van der Waals surface area contributed by atoms with Gasteiger partial charge in [0.25, 0.3) is 5.91 Å². The molecule has 3 heterocycles. The van der Waals surface area contributed by atoms with Crippen LogP contribution in [-0.4, -0.2) is 138 Å². The number of methoxy groups -OCH3 is 1. The van der Waals surface area contributed by atoms with E-state index in [1.165, 1.54) is 16.9 Å². The fraction of sp³-hybridized carbons (Fsp3) is 0.652. The molecular weight excluding hydrogens is 532 g/mol. The molecule has 2 atom stereocenters. The van der Waals surface area contributed by atoms with E-state index in [-0.39, 0.29) is 52.1 Å².